The van der Waals surface area contributed by atoms with Crippen LogP contribution in [0.2, 0.25) is 0 Å². The summed E-state index contributed by atoms with van der Waals surface area (Å²) in [5.41, 5.74) is -0.944. The fraction of sp³-hybridized carbons (Fsp3) is 0.522. The van der Waals surface area contributed by atoms with Crippen molar-refractivity contribution in [1.29, 1.82) is 0 Å². The van der Waals surface area contributed by atoms with Gasteiger partial charge in [-0.2, -0.15) is 0 Å². The Bertz CT molecular complexity index is 1070. The maximum atomic E-state index is 14.6. The van der Waals surface area contributed by atoms with Crippen LogP contribution in [0.3, 0.4) is 0 Å². The zero-order valence-electron chi connectivity index (χ0n) is 19.7. The molecule has 3 rings (SSSR count). The molecule has 12 heteroatoms. The molecule has 1 unspecified atom stereocenters. The van der Waals surface area contributed by atoms with Crippen LogP contribution in [0.5, 0.6) is 0 Å². The van der Waals surface area contributed by atoms with Gasteiger partial charge in [0.25, 0.3) is 0 Å². The first-order chi connectivity index (χ1) is 16.2. The molecule has 3 heterocycles. The van der Waals surface area contributed by atoms with Gasteiger partial charge in [-0.1, -0.05) is 0 Å². The van der Waals surface area contributed by atoms with E-state index < -0.39 is 53.2 Å². The number of nitrogens with one attached hydrogen (secondary N) is 1. The number of carbonyl (C=O) groups is 1. The Morgan fingerprint density at radius 1 is 1.14 bits per heavy atom. The molecule has 2 aromatic rings. The molecule has 6 nitrogen and oxygen atoms in total. The summed E-state index contributed by atoms with van der Waals surface area (Å²) < 4.78 is 72.0. The number of ether oxygens (including phenoxy) is 1. The van der Waals surface area contributed by atoms with Crippen LogP contribution < -0.4 is 10.2 Å². The number of fused-ring (bicyclic) bond motifs is 1. The quantitative estimate of drug-likeness (QED) is 0.270. The van der Waals surface area contributed by atoms with Crippen LogP contribution in [0.25, 0.3) is 11.3 Å². The fourth-order valence-electron chi connectivity index (χ4n) is 3.74. The first kappa shape index (κ1) is 27.5. The summed E-state index contributed by atoms with van der Waals surface area (Å²) in [5.74, 6) is 0.468. The van der Waals surface area contributed by atoms with Crippen molar-refractivity contribution in [3.05, 3.63) is 35.5 Å². The molecule has 1 N–H and O–H groups in total. The summed E-state index contributed by atoms with van der Waals surface area (Å²) in [5, 5.41) is 2.16. The van der Waals surface area contributed by atoms with Gasteiger partial charge in [0.15, 0.2) is 0 Å². The molecular weight excluding hydrogens is 666 g/mol. The standard InChI is InChI=1S/C23H26F5N4O2.Pb/c1-12(2)6-8-32(11-13(3)4)17-10-14(20(24)25)9-16(30-17)15-5-7-29-21-18(15)19(23(26,27)28)34-22(33)31-21;/h5,7,9-10,12-13,19H,6,8,11H2,1-4H3,(H,29,31,33);. The van der Waals surface area contributed by atoms with E-state index in [1.54, 1.807) is 0 Å². The first-order valence-corrected chi connectivity index (χ1v) is 13.0. The van der Waals surface area contributed by atoms with Crippen molar-refractivity contribution in [1.82, 2.24) is 9.97 Å². The molecule has 0 aromatic carbocycles. The van der Waals surface area contributed by atoms with Crippen molar-refractivity contribution in [2.75, 3.05) is 23.3 Å². The predicted molar refractivity (Wildman–Crippen MR) is 123 cm³/mol. The zero-order valence-corrected chi connectivity index (χ0v) is 23.6. The first-order valence-electron chi connectivity index (χ1n) is 11.1. The van der Waals surface area contributed by atoms with E-state index in [1.807, 2.05) is 32.6 Å². The van der Waals surface area contributed by atoms with Gasteiger partial charge in [-0.25, -0.2) is 0 Å². The second-order valence-electron chi connectivity index (χ2n) is 9.27. The van der Waals surface area contributed by atoms with Gasteiger partial charge in [0.05, 0.1) is 0 Å². The number of carbonyl (C=O) groups excluding carboxylic acids is 1. The molecule has 2 aromatic heterocycles. The van der Waals surface area contributed by atoms with E-state index in [9.17, 15) is 26.7 Å². The van der Waals surface area contributed by atoms with Gasteiger partial charge >= 0.3 is 217 Å². The van der Waals surface area contributed by atoms with Crippen molar-refractivity contribution in [3.8, 4) is 11.3 Å². The molecule has 1 atom stereocenters. The molecule has 1 aliphatic rings. The predicted octanol–water partition coefficient (Wildman–Crippen LogP) is 6.04. The second kappa shape index (κ2) is 10.5. The number of anilines is 2. The van der Waals surface area contributed by atoms with E-state index in [0.29, 0.717) is 19.0 Å². The minimum absolute atomic E-state index is 0.0704. The Hall–Kier alpha value is -2.06. The zero-order chi connectivity index (χ0) is 26.1. The van der Waals surface area contributed by atoms with Crippen LogP contribution in [0.4, 0.5) is 38.4 Å². The van der Waals surface area contributed by atoms with Crippen molar-refractivity contribution in [2.24, 2.45) is 11.8 Å². The van der Waals surface area contributed by atoms with Crippen molar-refractivity contribution in [3.63, 3.8) is 0 Å². The number of nitrogens with zero attached hydrogens (tertiary/aromatic N) is 3. The number of halogens is 5. The van der Waals surface area contributed by atoms with Crippen molar-refractivity contribution in [2.45, 2.75) is 49.9 Å². The van der Waals surface area contributed by atoms with Gasteiger partial charge in [-0.3, -0.25) is 0 Å². The Balaban J connectivity index is 2.22. The summed E-state index contributed by atoms with van der Waals surface area (Å²) in [6.45, 7) is 9.15. The maximum absolute atomic E-state index is 14.6. The van der Waals surface area contributed by atoms with Gasteiger partial charge in [-0.05, 0) is 0 Å². The van der Waals surface area contributed by atoms with E-state index in [-0.39, 0.29) is 34.4 Å². The third-order valence-corrected chi connectivity index (χ3v) is 6.45. The Morgan fingerprint density at radius 2 is 1.83 bits per heavy atom. The molecule has 189 valence electrons. The number of hydrogen-bond donors (Lipinski definition) is 1. The average Bonchev–Trinajstić information content (AvgIpc) is 2.73. The SMILES string of the molecule is CC(C)CCN(CC(C)C)c1cc([C](F)(F)[Pb])cc(-c2ccnc3c2C(C(F)(F)F)OC(=O)N3)n1. The van der Waals surface area contributed by atoms with Crippen LogP contribution in [0.1, 0.15) is 51.3 Å². The summed E-state index contributed by atoms with van der Waals surface area (Å²) in [6.07, 6.45) is -6.85. The van der Waals surface area contributed by atoms with Gasteiger partial charge in [-0.15, -0.1) is 0 Å². The monoisotopic (exact) mass is 693 g/mol. The number of alkyl halides is 5. The normalized spacial score (nSPS) is 16.2. The Labute approximate surface area is 216 Å². The molecule has 1 aliphatic heterocycles. The molecule has 0 saturated heterocycles. The number of hydrogen-bond acceptors (Lipinski definition) is 5. The summed E-state index contributed by atoms with van der Waals surface area (Å²) in [6, 6.07) is 3.68. The average molecular weight is 693 g/mol. The van der Waals surface area contributed by atoms with Gasteiger partial charge in [0.2, 0.25) is 0 Å². The van der Waals surface area contributed by atoms with Crippen LogP contribution in [0.15, 0.2) is 24.4 Å². The van der Waals surface area contributed by atoms with Gasteiger partial charge in [0.1, 0.15) is 0 Å². The van der Waals surface area contributed by atoms with Crippen molar-refractivity contribution >= 4 is 43.5 Å². The second-order valence-corrected chi connectivity index (χ2v) is 11.7. The van der Waals surface area contributed by atoms with Crippen molar-refractivity contribution < 1.29 is 31.5 Å². The summed E-state index contributed by atoms with van der Waals surface area (Å²) >= 11 is -0.492. The van der Waals surface area contributed by atoms with Gasteiger partial charge < -0.3 is 0 Å². The van der Waals surface area contributed by atoms with E-state index in [0.717, 1.165) is 12.5 Å². The van der Waals surface area contributed by atoms with E-state index in [4.69, 9.17) is 0 Å². The number of rotatable bonds is 8. The van der Waals surface area contributed by atoms with Crippen LogP contribution in [-0.2, 0) is 8.22 Å². The molecule has 0 aliphatic carbocycles. The molecule has 0 spiro atoms. The van der Waals surface area contributed by atoms with E-state index in [2.05, 4.69) is 20.0 Å². The van der Waals surface area contributed by atoms with E-state index in [1.165, 1.54) is 18.3 Å². The Kier molecular flexibility index (Phi) is 8.27. The summed E-state index contributed by atoms with van der Waals surface area (Å²) in [7, 11) is 0. The van der Waals surface area contributed by atoms with Crippen LogP contribution in [-0.4, -0.2) is 61.1 Å². The number of pyridine rings is 2. The van der Waals surface area contributed by atoms with Crippen LogP contribution in [0, 0.1) is 11.8 Å². The van der Waals surface area contributed by atoms with Crippen LogP contribution >= 0.6 is 0 Å². The Morgan fingerprint density at radius 3 is 2.40 bits per heavy atom. The molecule has 3 radical (unpaired) electrons. The summed E-state index contributed by atoms with van der Waals surface area (Å²) in [4.78, 5) is 22.0. The third-order valence-electron chi connectivity index (χ3n) is 5.33. The topological polar surface area (TPSA) is 67.4 Å². The third kappa shape index (κ3) is 6.79. The molecule has 0 fully saturated rings. The molecule has 35 heavy (non-hydrogen) atoms. The molecule has 1 amide bonds. The molecular formula is C23H26F5N4O2Pb. The fourth-order valence-corrected chi connectivity index (χ4v) is 4.30. The van der Waals surface area contributed by atoms with E-state index >= 15 is 0 Å². The number of cyclic esters (lactones) is 1. The number of amides is 1. The minimum atomic E-state index is -4.94. The van der Waals surface area contributed by atoms with Gasteiger partial charge in [0, 0.05) is 0 Å². The molecule has 0 saturated carbocycles. The molecule has 0 bridgehead atoms. The number of aromatic nitrogens is 2.